The molecule has 1 aliphatic heterocycles. The molecule has 1 saturated heterocycles. The van der Waals surface area contributed by atoms with E-state index in [0.717, 1.165) is 17.7 Å². The molecule has 3 rings (SSSR count). The van der Waals surface area contributed by atoms with Crippen molar-refractivity contribution in [2.24, 2.45) is 0 Å². The van der Waals surface area contributed by atoms with E-state index in [2.05, 4.69) is 4.98 Å². The van der Waals surface area contributed by atoms with E-state index in [0.29, 0.717) is 30.8 Å². The highest BCUT2D eigenvalue weighted by Gasteiger charge is 2.21. The van der Waals surface area contributed by atoms with E-state index < -0.39 is 11.6 Å². The van der Waals surface area contributed by atoms with Gasteiger partial charge in [0.1, 0.15) is 11.6 Å². The molecule has 24 heavy (non-hydrogen) atoms. The second-order valence-corrected chi connectivity index (χ2v) is 5.89. The molecule has 4 nitrogen and oxygen atoms in total. The van der Waals surface area contributed by atoms with E-state index in [4.69, 9.17) is 4.74 Å². The molecule has 0 atom stereocenters. The molecule has 2 aromatic rings. The predicted octanol–water partition coefficient (Wildman–Crippen LogP) is 3.99. The van der Waals surface area contributed by atoms with Crippen LogP contribution < -0.4 is 0 Å². The zero-order valence-corrected chi connectivity index (χ0v) is 13.6. The number of hydrogen-bond acceptors (Lipinski definition) is 3. The molecule has 0 bridgehead atoms. The Morgan fingerprint density at radius 1 is 1.29 bits per heavy atom. The van der Waals surface area contributed by atoms with E-state index in [9.17, 15) is 13.6 Å². The van der Waals surface area contributed by atoms with E-state index in [1.54, 1.807) is 17.2 Å². The number of nitrogens with zero attached hydrogens (tertiary/aromatic N) is 2. The smallest absolute Gasteiger partial charge is 0.410 e. The number of carbonyl (C=O) groups excluding carboxylic acids is 1. The van der Waals surface area contributed by atoms with Gasteiger partial charge >= 0.3 is 6.09 Å². The summed E-state index contributed by atoms with van der Waals surface area (Å²) in [5.41, 5.74) is 2.41. The Morgan fingerprint density at radius 3 is 2.83 bits per heavy atom. The molecule has 0 spiro atoms. The summed E-state index contributed by atoms with van der Waals surface area (Å²) in [4.78, 5) is 17.7. The van der Waals surface area contributed by atoms with Crippen molar-refractivity contribution >= 4 is 6.09 Å². The monoisotopic (exact) mass is 332 g/mol. The SMILES string of the molecule is Cc1ncc(-c2ccc(F)c(C)c2F)cc1CN1CCCOC1=O. The molecule has 126 valence electrons. The largest absolute Gasteiger partial charge is 0.449 e. The zero-order chi connectivity index (χ0) is 17.3. The summed E-state index contributed by atoms with van der Waals surface area (Å²) < 4.78 is 32.8. The van der Waals surface area contributed by atoms with Gasteiger partial charge in [0.2, 0.25) is 0 Å². The first kappa shape index (κ1) is 16.4. The lowest BCUT2D eigenvalue weighted by molar-refractivity contribution is 0.0699. The average molecular weight is 332 g/mol. The van der Waals surface area contributed by atoms with Crippen LogP contribution in [-0.2, 0) is 11.3 Å². The Labute approximate surface area is 139 Å². The van der Waals surface area contributed by atoms with Gasteiger partial charge in [0.05, 0.1) is 13.2 Å². The van der Waals surface area contributed by atoms with Gasteiger partial charge < -0.3 is 9.64 Å². The number of pyridine rings is 1. The fourth-order valence-electron chi connectivity index (χ4n) is 2.72. The molecular formula is C18H18F2N2O2. The number of ether oxygens (including phenoxy) is 1. The van der Waals surface area contributed by atoms with Crippen LogP contribution in [0.15, 0.2) is 24.4 Å². The number of halogens is 2. The van der Waals surface area contributed by atoms with E-state index in [1.807, 2.05) is 6.92 Å². The minimum absolute atomic E-state index is 0.0192. The normalized spacial score (nSPS) is 14.7. The molecular weight excluding hydrogens is 314 g/mol. The Bertz CT molecular complexity index is 793. The number of aryl methyl sites for hydroxylation is 1. The average Bonchev–Trinajstić information content (AvgIpc) is 2.57. The predicted molar refractivity (Wildman–Crippen MR) is 85.4 cm³/mol. The van der Waals surface area contributed by atoms with Crippen LogP contribution in [0.25, 0.3) is 11.1 Å². The molecule has 2 heterocycles. The topological polar surface area (TPSA) is 42.4 Å². The van der Waals surface area contributed by atoms with Crippen molar-refractivity contribution in [2.75, 3.05) is 13.2 Å². The Kier molecular flexibility index (Phi) is 4.46. The van der Waals surface area contributed by atoms with E-state index in [1.165, 1.54) is 19.1 Å². The summed E-state index contributed by atoms with van der Waals surface area (Å²) >= 11 is 0. The van der Waals surface area contributed by atoms with Crippen molar-refractivity contribution in [3.8, 4) is 11.1 Å². The Balaban J connectivity index is 1.94. The summed E-state index contributed by atoms with van der Waals surface area (Å²) in [5, 5.41) is 0. The highest BCUT2D eigenvalue weighted by Crippen LogP contribution is 2.27. The van der Waals surface area contributed by atoms with Crippen molar-refractivity contribution in [3.05, 3.63) is 52.9 Å². The van der Waals surface area contributed by atoms with Gasteiger partial charge in [-0.05, 0) is 44.0 Å². The third kappa shape index (κ3) is 3.09. The minimum atomic E-state index is -0.594. The summed E-state index contributed by atoms with van der Waals surface area (Å²) in [5.74, 6) is -1.17. The third-order valence-electron chi connectivity index (χ3n) is 4.24. The van der Waals surface area contributed by atoms with Gasteiger partial charge in [-0.15, -0.1) is 0 Å². The lowest BCUT2D eigenvalue weighted by atomic mass is 10.0. The molecule has 1 aliphatic rings. The van der Waals surface area contributed by atoms with Crippen LogP contribution in [0.5, 0.6) is 0 Å². The van der Waals surface area contributed by atoms with Gasteiger partial charge in [-0.1, -0.05) is 0 Å². The molecule has 1 aromatic carbocycles. The van der Waals surface area contributed by atoms with Gasteiger partial charge in [0, 0.05) is 35.1 Å². The quantitative estimate of drug-likeness (QED) is 0.853. The number of aromatic nitrogens is 1. The molecule has 0 saturated carbocycles. The lowest BCUT2D eigenvalue weighted by Gasteiger charge is -2.26. The van der Waals surface area contributed by atoms with Gasteiger partial charge in [0.15, 0.2) is 0 Å². The van der Waals surface area contributed by atoms with Crippen LogP contribution in [0.1, 0.15) is 23.2 Å². The molecule has 0 unspecified atom stereocenters. The standard InChI is InChI=1S/C18H18F2N2O2/c1-11-16(19)5-4-15(17(11)20)13-8-14(12(2)21-9-13)10-22-6-3-7-24-18(22)23/h4-5,8-9H,3,6-7,10H2,1-2H3. The van der Waals surface area contributed by atoms with Crippen molar-refractivity contribution < 1.29 is 18.3 Å². The molecule has 0 aliphatic carbocycles. The van der Waals surface area contributed by atoms with Crippen LogP contribution in [0.4, 0.5) is 13.6 Å². The van der Waals surface area contributed by atoms with Crippen molar-refractivity contribution in [1.82, 2.24) is 9.88 Å². The maximum Gasteiger partial charge on any atom is 0.410 e. The van der Waals surface area contributed by atoms with Crippen LogP contribution in [0.2, 0.25) is 0 Å². The van der Waals surface area contributed by atoms with Crippen LogP contribution in [0.3, 0.4) is 0 Å². The number of benzene rings is 1. The summed E-state index contributed by atoms with van der Waals surface area (Å²) in [6.07, 6.45) is 1.99. The number of rotatable bonds is 3. The Morgan fingerprint density at radius 2 is 2.08 bits per heavy atom. The van der Waals surface area contributed by atoms with E-state index >= 15 is 0 Å². The number of hydrogen-bond donors (Lipinski definition) is 0. The van der Waals surface area contributed by atoms with Crippen molar-refractivity contribution in [3.63, 3.8) is 0 Å². The maximum absolute atomic E-state index is 14.3. The molecule has 1 fully saturated rings. The van der Waals surface area contributed by atoms with Crippen LogP contribution in [0, 0.1) is 25.5 Å². The highest BCUT2D eigenvalue weighted by atomic mass is 19.1. The van der Waals surface area contributed by atoms with Crippen molar-refractivity contribution in [1.29, 1.82) is 0 Å². The van der Waals surface area contributed by atoms with Crippen molar-refractivity contribution in [2.45, 2.75) is 26.8 Å². The number of carbonyl (C=O) groups is 1. The summed E-state index contributed by atoms with van der Waals surface area (Å²) in [6, 6.07) is 4.44. The number of cyclic esters (lactones) is 1. The first-order chi connectivity index (χ1) is 11.5. The van der Waals surface area contributed by atoms with Gasteiger partial charge in [-0.3, -0.25) is 4.98 Å². The molecule has 1 aromatic heterocycles. The maximum atomic E-state index is 14.3. The second kappa shape index (κ2) is 6.55. The fourth-order valence-corrected chi connectivity index (χ4v) is 2.72. The van der Waals surface area contributed by atoms with Gasteiger partial charge in [-0.2, -0.15) is 0 Å². The highest BCUT2D eigenvalue weighted by molar-refractivity contribution is 5.69. The van der Waals surface area contributed by atoms with Gasteiger partial charge in [-0.25, -0.2) is 13.6 Å². The Hall–Kier alpha value is -2.50. The van der Waals surface area contributed by atoms with Crippen LogP contribution in [-0.4, -0.2) is 29.1 Å². The minimum Gasteiger partial charge on any atom is -0.449 e. The summed E-state index contributed by atoms with van der Waals surface area (Å²) in [7, 11) is 0. The summed E-state index contributed by atoms with van der Waals surface area (Å²) in [6.45, 7) is 4.65. The molecule has 6 heteroatoms. The third-order valence-corrected chi connectivity index (χ3v) is 4.24. The first-order valence-corrected chi connectivity index (χ1v) is 7.79. The zero-order valence-electron chi connectivity index (χ0n) is 13.6. The molecule has 0 radical (unpaired) electrons. The molecule has 0 N–H and O–H groups in total. The molecule has 1 amide bonds. The fraction of sp³-hybridized carbons (Fsp3) is 0.333. The first-order valence-electron chi connectivity index (χ1n) is 7.79. The van der Waals surface area contributed by atoms with Crippen LogP contribution >= 0.6 is 0 Å². The lowest BCUT2D eigenvalue weighted by Crippen LogP contribution is -2.37. The van der Waals surface area contributed by atoms with E-state index in [-0.39, 0.29) is 11.7 Å². The number of amides is 1. The van der Waals surface area contributed by atoms with Gasteiger partial charge in [0.25, 0.3) is 0 Å². The second-order valence-electron chi connectivity index (χ2n) is 5.89.